The highest BCUT2D eigenvalue weighted by Crippen LogP contribution is 2.51. The molecule has 1 aliphatic rings. The van der Waals surface area contributed by atoms with Gasteiger partial charge in [-0.15, -0.1) is 0 Å². The molecule has 0 bridgehead atoms. The quantitative estimate of drug-likeness (QED) is 0.196. The lowest BCUT2D eigenvalue weighted by atomic mass is 9.80. The average molecular weight is 575 g/mol. The Kier molecular flexibility index (Phi) is 5.58. The van der Waals surface area contributed by atoms with Crippen LogP contribution in [0.1, 0.15) is 25.0 Å². The Labute approximate surface area is 262 Å². The summed E-state index contributed by atoms with van der Waals surface area (Å²) in [6.07, 6.45) is 0. The van der Waals surface area contributed by atoms with Gasteiger partial charge in [-0.3, -0.25) is 0 Å². The van der Waals surface area contributed by atoms with Crippen molar-refractivity contribution in [1.82, 2.24) is 9.97 Å². The zero-order valence-electron chi connectivity index (χ0n) is 25.3. The number of nitrogens with zero attached hydrogens (tertiary/aromatic N) is 2. The van der Waals surface area contributed by atoms with E-state index in [9.17, 15) is 0 Å². The molecule has 8 aromatic rings. The Hall–Kier alpha value is -5.60. The molecule has 1 aliphatic carbocycles. The Morgan fingerprint density at radius 2 is 1.13 bits per heavy atom. The lowest BCUT2D eigenvalue weighted by Gasteiger charge is -2.23. The van der Waals surface area contributed by atoms with Crippen LogP contribution in [0.2, 0.25) is 0 Å². The first kappa shape index (κ1) is 25.9. The Balaban J connectivity index is 1.23. The summed E-state index contributed by atoms with van der Waals surface area (Å²) in [5.74, 6) is 0.734. The van der Waals surface area contributed by atoms with E-state index in [0.29, 0.717) is 0 Å². The molecule has 0 unspecified atom stereocenters. The average Bonchev–Trinajstić information content (AvgIpc) is 3.34. The number of rotatable bonds is 3. The Morgan fingerprint density at radius 3 is 2.04 bits per heavy atom. The Morgan fingerprint density at radius 1 is 0.444 bits per heavy atom. The highest BCUT2D eigenvalue weighted by molar-refractivity contribution is 6.09. The molecule has 0 spiro atoms. The van der Waals surface area contributed by atoms with Crippen molar-refractivity contribution in [3.8, 4) is 44.9 Å². The third kappa shape index (κ3) is 3.96. The maximum atomic E-state index is 5.22. The third-order valence-electron chi connectivity index (χ3n) is 9.63. The minimum atomic E-state index is -0.0680. The highest BCUT2D eigenvalue weighted by atomic mass is 14.9. The molecule has 0 saturated carbocycles. The van der Waals surface area contributed by atoms with Crippen LogP contribution in [0.5, 0.6) is 0 Å². The summed E-state index contributed by atoms with van der Waals surface area (Å²) in [5, 5.41) is 5.96. The lowest BCUT2D eigenvalue weighted by Crippen LogP contribution is -2.15. The van der Waals surface area contributed by atoms with Crippen LogP contribution in [-0.4, -0.2) is 9.97 Å². The fraction of sp³-hybridized carbons (Fsp3) is 0.0698. The summed E-state index contributed by atoms with van der Waals surface area (Å²) in [6, 6.07) is 52.3. The van der Waals surface area contributed by atoms with Gasteiger partial charge in [0.25, 0.3) is 0 Å². The standard InChI is InChI=1S/C43H30N2/c1-43(2)38-18-9-8-17-34(38)35-23-21-28-19-20-31(26-37(28)39(35)43)30-14-10-15-32(25-30)42-44-40(29-12-4-3-5-13-29)36-24-22-27-11-6-7-16-33(27)41(36)45-42/h3-26H,1-2H3. The van der Waals surface area contributed by atoms with Crippen LogP contribution in [0.4, 0.5) is 0 Å². The summed E-state index contributed by atoms with van der Waals surface area (Å²) in [7, 11) is 0. The zero-order valence-corrected chi connectivity index (χ0v) is 25.3. The number of hydrogen-bond acceptors (Lipinski definition) is 2. The van der Waals surface area contributed by atoms with Gasteiger partial charge in [-0.05, 0) is 67.7 Å². The van der Waals surface area contributed by atoms with Gasteiger partial charge < -0.3 is 0 Å². The molecule has 2 nitrogen and oxygen atoms in total. The van der Waals surface area contributed by atoms with Gasteiger partial charge >= 0.3 is 0 Å². The van der Waals surface area contributed by atoms with Crippen LogP contribution >= 0.6 is 0 Å². The largest absolute Gasteiger partial charge is 0.227 e. The van der Waals surface area contributed by atoms with Crippen molar-refractivity contribution in [2.45, 2.75) is 19.3 Å². The van der Waals surface area contributed by atoms with Gasteiger partial charge in [0, 0.05) is 27.3 Å². The molecule has 0 amide bonds. The summed E-state index contributed by atoms with van der Waals surface area (Å²) >= 11 is 0. The molecule has 0 saturated heterocycles. The molecule has 0 radical (unpaired) electrons. The van der Waals surface area contributed by atoms with Crippen LogP contribution < -0.4 is 0 Å². The third-order valence-corrected chi connectivity index (χ3v) is 9.63. The van der Waals surface area contributed by atoms with E-state index in [0.717, 1.165) is 44.5 Å². The number of benzene rings is 7. The second kappa shape index (κ2) is 9.70. The van der Waals surface area contributed by atoms with Gasteiger partial charge in [-0.1, -0.05) is 141 Å². The van der Waals surface area contributed by atoms with E-state index in [1.807, 2.05) is 6.07 Å². The molecule has 212 valence electrons. The molecular weight excluding hydrogens is 544 g/mol. The van der Waals surface area contributed by atoms with Crippen molar-refractivity contribution in [2.24, 2.45) is 0 Å². The topological polar surface area (TPSA) is 25.8 Å². The molecule has 0 atom stereocenters. The molecule has 1 heterocycles. The minimum absolute atomic E-state index is 0.0680. The number of hydrogen-bond donors (Lipinski definition) is 0. The molecule has 45 heavy (non-hydrogen) atoms. The van der Waals surface area contributed by atoms with Crippen molar-refractivity contribution in [1.29, 1.82) is 0 Å². The van der Waals surface area contributed by atoms with E-state index < -0.39 is 0 Å². The molecular formula is C43H30N2. The number of aromatic nitrogens is 2. The Bertz CT molecular complexity index is 2450. The second-order valence-electron chi connectivity index (χ2n) is 12.6. The van der Waals surface area contributed by atoms with E-state index >= 15 is 0 Å². The highest BCUT2D eigenvalue weighted by Gasteiger charge is 2.36. The first-order chi connectivity index (χ1) is 22.1. The molecule has 1 aromatic heterocycles. The van der Waals surface area contributed by atoms with Crippen LogP contribution in [0.3, 0.4) is 0 Å². The SMILES string of the molecule is CC1(C)c2ccccc2-c2ccc3ccc(-c4cccc(-c5nc(-c6ccccc6)c6ccc7ccccc7c6n5)c4)cc3c21. The van der Waals surface area contributed by atoms with Crippen LogP contribution in [0, 0.1) is 0 Å². The first-order valence-electron chi connectivity index (χ1n) is 15.6. The van der Waals surface area contributed by atoms with Gasteiger partial charge in [0.15, 0.2) is 5.82 Å². The second-order valence-corrected chi connectivity index (χ2v) is 12.6. The maximum absolute atomic E-state index is 5.22. The van der Waals surface area contributed by atoms with Gasteiger partial charge in [-0.2, -0.15) is 0 Å². The van der Waals surface area contributed by atoms with Crippen molar-refractivity contribution in [2.75, 3.05) is 0 Å². The van der Waals surface area contributed by atoms with Gasteiger partial charge in [-0.25, -0.2) is 9.97 Å². The molecule has 0 N–H and O–H groups in total. The van der Waals surface area contributed by atoms with Crippen molar-refractivity contribution >= 4 is 32.4 Å². The van der Waals surface area contributed by atoms with Crippen LogP contribution in [0.15, 0.2) is 146 Å². The molecule has 0 aliphatic heterocycles. The van der Waals surface area contributed by atoms with Gasteiger partial charge in [0.2, 0.25) is 0 Å². The maximum Gasteiger partial charge on any atom is 0.160 e. The van der Waals surface area contributed by atoms with E-state index in [-0.39, 0.29) is 5.41 Å². The fourth-order valence-electron chi connectivity index (χ4n) is 7.44. The molecule has 2 heteroatoms. The minimum Gasteiger partial charge on any atom is -0.227 e. The summed E-state index contributed by atoms with van der Waals surface area (Å²) in [5.41, 5.74) is 11.8. The first-order valence-corrected chi connectivity index (χ1v) is 15.6. The van der Waals surface area contributed by atoms with Gasteiger partial charge in [0.1, 0.15) is 0 Å². The van der Waals surface area contributed by atoms with E-state index in [2.05, 4.69) is 153 Å². The normalized spacial score (nSPS) is 13.3. The summed E-state index contributed by atoms with van der Waals surface area (Å²) in [6.45, 7) is 4.71. The van der Waals surface area contributed by atoms with Crippen LogP contribution in [0.25, 0.3) is 77.3 Å². The van der Waals surface area contributed by atoms with E-state index in [1.165, 1.54) is 44.0 Å². The summed E-state index contributed by atoms with van der Waals surface area (Å²) in [4.78, 5) is 10.4. The van der Waals surface area contributed by atoms with Crippen LogP contribution in [-0.2, 0) is 5.41 Å². The van der Waals surface area contributed by atoms with Crippen molar-refractivity contribution < 1.29 is 0 Å². The monoisotopic (exact) mass is 574 g/mol. The summed E-state index contributed by atoms with van der Waals surface area (Å²) < 4.78 is 0. The zero-order chi connectivity index (χ0) is 30.1. The number of fused-ring (bicyclic) bond motifs is 8. The molecule has 9 rings (SSSR count). The predicted octanol–water partition coefficient (Wildman–Crippen LogP) is 11.2. The van der Waals surface area contributed by atoms with E-state index in [1.54, 1.807) is 0 Å². The lowest BCUT2D eigenvalue weighted by molar-refractivity contribution is 0.666. The van der Waals surface area contributed by atoms with Crippen molar-refractivity contribution in [3.05, 3.63) is 157 Å². The van der Waals surface area contributed by atoms with E-state index in [4.69, 9.17) is 9.97 Å². The van der Waals surface area contributed by atoms with Gasteiger partial charge in [0.05, 0.1) is 11.2 Å². The van der Waals surface area contributed by atoms with Crippen molar-refractivity contribution in [3.63, 3.8) is 0 Å². The molecule has 7 aromatic carbocycles. The molecule has 0 fully saturated rings. The predicted molar refractivity (Wildman–Crippen MR) is 188 cm³/mol. The smallest absolute Gasteiger partial charge is 0.160 e. The fourth-order valence-corrected chi connectivity index (χ4v) is 7.44.